The molecule has 2 aliphatic heterocycles. The SMILES string of the molecule is Fc1ccccc1COc1ccc(CN2CCCC(CN3CCOCC3)C2)cn1. The van der Waals surface area contributed by atoms with E-state index < -0.39 is 0 Å². The van der Waals surface area contributed by atoms with Crippen LogP contribution in [-0.4, -0.2) is 60.7 Å². The van der Waals surface area contributed by atoms with Crippen LogP contribution in [0.15, 0.2) is 42.6 Å². The first kappa shape index (κ1) is 20.3. The Labute approximate surface area is 172 Å². The second-order valence-electron chi connectivity index (χ2n) is 8.04. The highest BCUT2D eigenvalue weighted by Crippen LogP contribution is 2.21. The maximum Gasteiger partial charge on any atom is 0.213 e. The van der Waals surface area contributed by atoms with Gasteiger partial charge in [0.15, 0.2) is 0 Å². The first-order valence-electron chi connectivity index (χ1n) is 10.6. The number of hydrogen-bond donors (Lipinski definition) is 0. The fourth-order valence-corrected chi connectivity index (χ4v) is 4.21. The summed E-state index contributed by atoms with van der Waals surface area (Å²) < 4.78 is 24.8. The first-order chi connectivity index (χ1) is 14.3. The molecule has 0 amide bonds. The van der Waals surface area contributed by atoms with E-state index >= 15 is 0 Å². The lowest BCUT2D eigenvalue weighted by Crippen LogP contribution is -2.44. The van der Waals surface area contributed by atoms with Crippen LogP contribution >= 0.6 is 0 Å². The normalized spacial score (nSPS) is 21.2. The minimum Gasteiger partial charge on any atom is -0.473 e. The quantitative estimate of drug-likeness (QED) is 0.714. The van der Waals surface area contributed by atoms with Crippen molar-refractivity contribution in [3.05, 3.63) is 59.5 Å². The van der Waals surface area contributed by atoms with Crippen molar-refractivity contribution in [2.75, 3.05) is 45.9 Å². The summed E-state index contributed by atoms with van der Waals surface area (Å²) in [5.41, 5.74) is 1.73. The first-order valence-corrected chi connectivity index (χ1v) is 10.6. The number of morpholine rings is 1. The van der Waals surface area contributed by atoms with E-state index in [-0.39, 0.29) is 12.4 Å². The number of pyridine rings is 1. The van der Waals surface area contributed by atoms with E-state index in [0.717, 1.165) is 51.9 Å². The van der Waals surface area contributed by atoms with Gasteiger partial charge in [-0.3, -0.25) is 9.80 Å². The number of benzene rings is 1. The van der Waals surface area contributed by atoms with E-state index in [2.05, 4.69) is 20.9 Å². The number of ether oxygens (including phenoxy) is 2. The summed E-state index contributed by atoms with van der Waals surface area (Å²) in [5, 5.41) is 0. The van der Waals surface area contributed by atoms with E-state index in [0.29, 0.717) is 11.4 Å². The van der Waals surface area contributed by atoms with Crippen LogP contribution in [-0.2, 0) is 17.9 Å². The molecule has 2 saturated heterocycles. The van der Waals surface area contributed by atoms with Crippen molar-refractivity contribution in [3.8, 4) is 5.88 Å². The van der Waals surface area contributed by atoms with Gasteiger partial charge in [0, 0.05) is 50.6 Å². The number of nitrogens with zero attached hydrogens (tertiary/aromatic N) is 3. The largest absolute Gasteiger partial charge is 0.473 e. The van der Waals surface area contributed by atoms with Crippen LogP contribution in [0.2, 0.25) is 0 Å². The van der Waals surface area contributed by atoms with Gasteiger partial charge in [0.2, 0.25) is 5.88 Å². The van der Waals surface area contributed by atoms with Crippen LogP contribution < -0.4 is 4.74 Å². The molecule has 0 N–H and O–H groups in total. The van der Waals surface area contributed by atoms with Crippen molar-refractivity contribution in [2.24, 2.45) is 5.92 Å². The Morgan fingerprint density at radius 2 is 1.93 bits per heavy atom. The number of likely N-dealkylation sites (tertiary alicyclic amines) is 1. The highest BCUT2D eigenvalue weighted by Gasteiger charge is 2.23. The molecule has 4 rings (SSSR count). The predicted octanol–water partition coefficient (Wildman–Crippen LogP) is 3.34. The monoisotopic (exact) mass is 399 g/mol. The lowest BCUT2D eigenvalue weighted by Gasteiger charge is -2.36. The lowest BCUT2D eigenvalue weighted by molar-refractivity contribution is 0.0224. The zero-order chi connectivity index (χ0) is 19.9. The number of hydrogen-bond acceptors (Lipinski definition) is 5. The third-order valence-corrected chi connectivity index (χ3v) is 5.76. The molecule has 6 heteroatoms. The van der Waals surface area contributed by atoms with Crippen LogP contribution in [0.1, 0.15) is 24.0 Å². The second-order valence-corrected chi connectivity index (χ2v) is 8.04. The van der Waals surface area contributed by atoms with Gasteiger partial charge in [0.1, 0.15) is 12.4 Å². The fraction of sp³-hybridized carbons (Fsp3) is 0.522. The highest BCUT2D eigenvalue weighted by molar-refractivity contribution is 5.20. The number of halogens is 1. The molecular weight excluding hydrogens is 369 g/mol. The molecule has 0 spiro atoms. The van der Waals surface area contributed by atoms with Gasteiger partial charge < -0.3 is 9.47 Å². The summed E-state index contributed by atoms with van der Waals surface area (Å²) in [6.07, 6.45) is 4.45. The minimum absolute atomic E-state index is 0.189. The fourth-order valence-electron chi connectivity index (χ4n) is 4.21. The van der Waals surface area contributed by atoms with Crippen molar-refractivity contribution in [1.82, 2.24) is 14.8 Å². The van der Waals surface area contributed by atoms with Crippen molar-refractivity contribution in [3.63, 3.8) is 0 Å². The average molecular weight is 400 g/mol. The summed E-state index contributed by atoms with van der Waals surface area (Å²) >= 11 is 0. The molecule has 2 aromatic rings. The number of piperidine rings is 1. The topological polar surface area (TPSA) is 37.8 Å². The van der Waals surface area contributed by atoms with Crippen LogP contribution in [0.4, 0.5) is 4.39 Å². The molecule has 1 atom stereocenters. The molecule has 0 radical (unpaired) electrons. The predicted molar refractivity (Wildman–Crippen MR) is 110 cm³/mol. The van der Waals surface area contributed by atoms with E-state index in [4.69, 9.17) is 9.47 Å². The third-order valence-electron chi connectivity index (χ3n) is 5.76. The summed E-state index contributed by atoms with van der Waals surface area (Å²) in [4.78, 5) is 9.48. The average Bonchev–Trinajstić information content (AvgIpc) is 2.75. The Morgan fingerprint density at radius 1 is 1.07 bits per heavy atom. The Kier molecular flexibility index (Phi) is 7.09. The van der Waals surface area contributed by atoms with Gasteiger partial charge in [-0.2, -0.15) is 0 Å². The zero-order valence-corrected chi connectivity index (χ0v) is 16.9. The standard InChI is InChI=1S/C23H30FN3O2/c24-22-6-2-1-5-21(22)18-29-23-8-7-19(14-25-23)15-27-9-3-4-20(17-27)16-26-10-12-28-13-11-26/h1-2,5-8,14,20H,3-4,9-13,15-18H2. The van der Waals surface area contributed by atoms with E-state index in [9.17, 15) is 4.39 Å². The molecule has 1 unspecified atom stereocenters. The van der Waals surface area contributed by atoms with Crippen molar-refractivity contribution >= 4 is 0 Å². The van der Waals surface area contributed by atoms with Crippen LogP contribution in [0, 0.1) is 11.7 Å². The Morgan fingerprint density at radius 3 is 2.72 bits per heavy atom. The molecule has 3 heterocycles. The van der Waals surface area contributed by atoms with Gasteiger partial charge >= 0.3 is 0 Å². The van der Waals surface area contributed by atoms with E-state index in [1.165, 1.54) is 31.0 Å². The molecule has 0 bridgehead atoms. The van der Waals surface area contributed by atoms with Gasteiger partial charge in [0.05, 0.1) is 13.2 Å². The molecule has 156 valence electrons. The van der Waals surface area contributed by atoms with Gasteiger partial charge in [-0.15, -0.1) is 0 Å². The molecular formula is C23H30FN3O2. The molecule has 1 aromatic heterocycles. The second kappa shape index (κ2) is 10.1. The summed E-state index contributed by atoms with van der Waals surface area (Å²) in [6.45, 7) is 8.44. The van der Waals surface area contributed by atoms with Crippen LogP contribution in [0.3, 0.4) is 0 Å². The smallest absolute Gasteiger partial charge is 0.213 e. The zero-order valence-electron chi connectivity index (χ0n) is 16.9. The maximum absolute atomic E-state index is 13.7. The van der Waals surface area contributed by atoms with Crippen LogP contribution in [0.25, 0.3) is 0 Å². The Bertz CT molecular complexity index is 765. The highest BCUT2D eigenvalue weighted by atomic mass is 19.1. The van der Waals surface area contributed by atoms with Crippen molar-refractivity contribution < 1.29 is 13.9 Å². The molecule has 0 saturated carbocycles. The molecule has 29 heavy (non-hydrogen) atoms. The number of aromatic nitrogens is 1. The molecule has 0 aliphatic carbocycles. The minimum atomic E-state index is -0.249. The maximum atomic E-state index is 13.7. The summed E-state index contributed by atoms with van der Waals surface area (Å²) in [7, 11) is 0. The lowest BCUT2D eigenvalue weighted by atomic mass is 9.97. The van der Waals surface area contributed by atoms with Gasteiger partial charge in [-0.05, 0) is 36.9 Å². The number of rotatable bonds is 7. The van der Waals surface area contributed by atoms with E-state index in [1.807, 2.05) is 18.3 Å². The summed E-state index contributed by atoms with van der Waals surface area (Å²) in [6, 6.07) is 10.6. The van der Waals surface area contributed by atoms with Crippen molar-refractivity contribution in [1.29, 1.82) is 0 Å². The molecule has 2 aliphatic rings. The molecule has 2 fully saturated rings. The third kappa shape index (κ3) is 5.98. The Balaban J connectivity index is 1.25. The Hall–Kier alpha value is -2.02. The van der Waals surface area contributed by atoms with E-state index in [1.54, 1.807) is 12.1 Å². The summed E-state index contributed by atoms with van der Waals surface area (Å²) in [5.74, 6) is 1.01. The van der Waals surface area contributed by atoms with Gasteiger partial charge in [0.25, 0.3) is 0 Å². The van der Waals surface area contributed by atoms with Gasteiger partial charge in [-0.25, -0.2) is 9.37 Å². The van der Waals surface area contributed by atoms with Crippen molar-refractivity contribution in [2.45, 2.75) is 26.0 Å². The van der Waals surface area contributed by atoms with Crippen LogP contribution in [0.5, 0.6) is 5.88 Å². The van der Waals surface area contributed by atoms with Gasteiger partial charge in [-0.1, -0.05) is 24.3 Å². The molecule has 1 aromatic carbocycles. The molecule has 5 nitrogen and oxygen atoms in total.